The lowest BCUT2D eigenvalue weighted by atomic mass is 10.0. The van der Waals surface area contributed by atoms with E-state index in [2.05, 4.69) is 16.0 Å². The number of phenolic OH excluding ortho intramolecular Hbond substituents is 1. The van der Waals surface area contributed by atoms with Crippen LogP contribution in [0.2, 0.25) is 0 Å². The Morgan fingerprint density at radius 3 is 1.95 bits per heavy atom. The second-order valence-electron chi connectivity index (χ2n) is 9.77. The van der Waals surface area contributed by atoms with Crippen LogP contribution in [0, 0.1) is 5.92 Å². The van der Waals surface area contributed by atoms with E-state index in [-0.39, 0.29) is 30.4 Å². The summed E-state index contributed by atoms with van der Waals surface area (Å²) in [6.45, 7) is 4.85. The monoisotopic (exact) mass is 539 g/mol. The molecule has 0 bridgehead atoms. The van der Waals surface area contributed by atoms with Crippen LogP contribution in [0.15, 0.2) is 54.6 Å². The number of Topliss-reactive ketones (excluding diaryl/α,β-unsaturated/α-hetero) is 1. The number of carboxylic acids is 1. The molecule has 0 aliphatic heterocycles. The quantitative estimate of drug-likeness (QED) is 0.217. The Kier molecular flexibility index (Phi) is 12.1. The summed E-state index contributed by atoms with van der Waals surface area (Å²) in [5, 5.41) is 26.2. The molecule has 10 heteroatoms. The number of carboxylic acid groups (broad SMARTS) is 1. The zero-order valence-electron chi connectivity index (χ0n) is 22.5. The Hall–Kier alpha value is -4.21. The molecule has 0 spiro atoms. The van der Waals surface area contributed by atoms with E-state index >= 15 is 0 Å². The molecule has 0 saturated heterocycles. The molecule has 0 saturated carbocycles. The smallest absolute Gasteiger partial charge is 0.334 e. The van der Waals surface area contributed by atoms with E-state index in [1.165, 1.54) is 19.1 Å². The molecule has 3 atom stereocenters. The molecule has 5 N–H and O–H groups in total. The molecule has 2 rings (SSSR count). The molecule has 2 aromatic carbocycles. The van der Waals surface area contributed by atoms with E-state index in [1.807, 2.05) is 30.3 Å². The minimum atomic E-state index is -1.73. The number of carbonyl (C=O) groups is 5. The molecule has 2 aromatic rings. The van der Waals surface area contributed by atoms with Crippen LogP contribution >= 0.6 is 0 Å². The number of amides is 3. The number of carbonyl (C=O) groups excluding carboxylic acids is 4. The summed E-state index contributed by atoms with van der Waals surface area (Å²) < 4.78 is 0. The highest BCUT2D eigenvalue weighted by molar-refractivity contribution is 6.05. The Bertz CT molecular complexity index is 1130. The lowest BCUT2D eigenvalue weighted by Crippen LogP contribution is -2.57. The van der Waals surface area contributed by atoms with E-state index in [4.69, 9.17) is 0 Å². The highest BCUT2D eigenvalue weighted by atomic mass is 16.4. The summed E-state index contributed by atoms with van der Waals surface area (Å²) >= 11 is 0. The first-order valence-corrected chi connectivity index (χ1v) is 13.0. The molecule has 39 heavy (non-hydrogen) atoms. The van der Waals surface area contributed by atoms with Gasteiger partial charge in [-0.15, -0.1) is 0 Å². The van der Waals surface area contributed by atoms with E-state index in [1.54, 1.807) is 26.0 Å². The number of hydrogen-bond acceptors (Lipinski definition) is 6. The molecule has 0 aliphatic rings. The number of aliphatic carboxylic acids is 1. The number of nitrogens with one attached hydrogen (secondary N) is 3. The van der Waals surface area contributed by atoms with Crippen molar-refractivity contribution in [1.82, 2.24) is 16.0 Å². The molecule has 0 fully saturated rings. The van der Waals surface area contributed by atoms with Gasteiger partial charge in [-0.3, -0.25) is 19.2 Å². The summed E-state index contributed by atoms with van der Waals surface area (Å²) in [6.07, 6.45) is 1.52. The lowest BCUT2D eigenvalue weighted by Gasteiger charge is -2.24. The van der Waals surface area contributed by atoms with Crippen molar-refractivity contribution in [3.63, 3.8) is 0 Å². The summed E-state index contributed by atoms with van der Waals surface area (Å²) in [7, 11) is 0. The maximum absolute atomic E-state index is 12.9. The van der Waals surface area contributed by atoms with E-state index in [0.717, 1.165) is 11.1 Å². The Morgan fingerprint density at radius 2 is 1.36 bits per heavy atom. The lowest BCUT2D eigenvalue weighted by molar-refractivity contribution is -0.146. The predicted octanol–water partition coefficient (Wildman–Crippen LogP) is 2.13. The van der Waals surface area contributed by atoms with Crippen LogP contribution in [0.3, 0.4) is 0 Å². The molecule has 3 amide bonds. The highest BCUT2D eigenvalue weighted by Gasteiger charge is 2.31. The van der Waals surface area contributed by atoms with Crippen molar-refractivity contribution in [2.24, 2.45) is 5.92 Å². The van der Waals surface area contributed by atoms with Gasteiger partial charge >= 0.3 is 5.97 Å². The Morgan fingerprint density at radius 1 is 0.744 bits per heavy atom. The van der Waals surface area contributed by atoms with Crippen LogP contribution < -0.4 is 16.0 Å². The van der Waals surface area contributed by atoms with Crippen LogP contribution in [0.5, 0.6) is 5.75 Å². The van der Waals surface area contributed by atoms with Crippen molar-refractivity contribution in [1.29, 1.82) is 0 Å². The normalized spacial score (nSPS) is 13.1. The van der Waals surface area contributed by atoms with Crippen LogP contribution in [0.4, 0.5) is 0 Å². The minimum Gasteiger partial charge on any atom is -0.508 e. The Balaban J connectivity index is 1.87. The first-order valence-electron chi connectivity index (χ1n) is 13.0. The minimum absolute atomic E-state index is 0.0293. The van der Waals surface area contributed by atoms with Gasteiger partial charge < -0.3 is 26.2 Å². The van der Waals surface area contributed by atoms with Crippen molar-refractivity contribution < 1.29 is 34.2 Å². The molecule has 0 heterocycles. The summed E-state index contributed by atoms with van der Waals surface area (Å²) in [4.78, 5) is 62.2. The predicted molar refractivity (Wildman–Crippen MR) is 145 cm³/mol. The number of rotatable bonds is 15. The average molecular weight is 540 g/mol. The third kappa shape index (κ3) is 10.6. The maximum Gasteiger partial charge on any atom is 0.334 e. The molecule has 210 valence electrons. The van der Waals surface area contributed by atoms with Gasteiger partial charge in [0.25, 0.3) is 0 Å². The molecular weight excluding hydrogens is 502 g/mol. The number of hydrogen-bond donors (Lipinski definition) is 5. The van der Waals surface area contributed by atoms with Crippen LogP contribution in [-0.2, 0) is 36.8 Å². The summed E-state index contributed by atoms with van der Waals surface area (Å²) in [6, 6.07) is 12.1. The zero-order valence-corrected chi connectivity index (χ0v) is 22.5. The third-order valence-electron chi connectivity index (χ3n) is 6.18. The second-order valence-corrected chi connectivity index (χ2v) is 9.77. The van der Waals surface area contributed by atoms with Crippen LogP contribution in [0.1, 0.15) is 51.2 Å². The standard InChI is InChI=1S/C29H37N3O7/c1-18(2)25(31-24(35)17-14-21-12-15-22(33)16-13-21)28(37)30-19(3)27(36)32-26(29(38)39)23(34)11-7-10-20-8-5-4-6-9-20/h4-6,8-9,12-13,15-16,18-19,25-26,33H,7,10-11,14,17H2,1-3H3,(H,30,37)(H,31,35)(H,32,36)(H,38,39)/t19-,25-,26-/m0/s1. The van der Waals surface area contributed by atoms with Crippen molar-refractivity contribution in [3.8, 4) is 5.75 Å². The Labute approximate surface area is 228 Å². The van der Waals surface area contributed by atoms with Crippen LogP contribution in [-0.4, -0.2) is 57.8 Å². The number of phenols is 1. The van der Waals surface area contributed by atoms with Gasteiger partial charge in [-0.05, 0) is 55.4 Å². The van der Waals surface area contributed by atoms with Gasteiger partial charge in [0.15, 0.2) is 11.8 Å². The summed E-state index contributed by atoms with van der Waals surface area (Å²) in [5.74, 6) is -4.07. The molecule has 10 nitrogen and oxygen atoms in total. The molecule has 0 radical (unpaired) electrons. The fraction of sp³-hybridized carbons (Fsp3) is 0.414. The van der Waals surface area contributed by atoms with Crippen LogP contribution in [0.25, 0.3) is 0 Å². The summed E-state index contributed by atoms with van der Waals surface area (Å²) in [5.41, 5.74) is 1.87. The maximum atomic E-state index is 12.9. The van der Waals surface area contributed by atoms with Gasteiger partial charge in [-0.1, -0.05) is 56.3 Å². The molecular formula is C29H37N3O7. The highest BCUT2D eigenvalue weighted by Crippen LogP contribution is 2.12. The van der Waals surface area contributed by atoms with Gasteiger partial charge in [0, 0.05) is 12.8 Å². The fourth-order valence-corrected chi connectivity index (χ4v) is 3.87. The second kappa shape index (κ2) is 15.3. The van der Waals surface area contributed by atoms with E-state index < -0.39 is 41.7 Å². The first-order chi connectivity index (χ1) is 18.5. The van der Waals surface area contributed by atoms with Crippen molar-refractivity contribution in [2.75, 3.05) is 0 Å². The number of aryl methyl sites for hydroxylation is 2. The van der Waals surface area contributed by atoms with Gasteiger partial charge in [0.05, 0.1) is 0 Å². The number of ketones is 1. The molecule has 0 aliphatic carbocycles. The number of benzene rings is 2. The van der Waals surface area contributed by atoms with E-state index in [0.29, 0.717) is 19.3 Å². The average Bonchev–Trinajstić information content (AvgIpc) is 2.89. The largest absolute Gasteiger partial charge is 0.508 e. The van der Waals surface area contributed by atoms with Gasteiger partial charge in [-0.25, -0.2) is 4.79 Å². The topological polar surface area (TPSA) is 162 Å². The SMILES string of the molecule is CC(C)[C@H](NC(=O)CCc1ccc(O)cc1)C(=O)N[C@@H](C)C(=O)N[C@H](C(=O)O)C(=O)CCCc1ccccc1. The van der Waals surface area contributed by atoms with Gasteiger partial charge in [-0.2, -0.15) is 0 Å². The third-order valence-corrected chi connectivity index (χ3v) is 6.18. The fourth-order valence-electron chi connectivity index (χ4n) is 3.87. The molecule has 0 unspecified atom stereocenters. The van der Waals surface area contributed by atoms with E-state index in [9.17, 15) is 34.2 Å². The number of aromatic hydroxyl groups is 1. The zero-order chi connectivity index (χ0) is 28.9. The first kappa shape index (κ1) is 31.0. The van der Waals surface area contributed by atoms with Crippen molar-refractivity contribution in [2.45, 2.75) is 71.0 Å². The van der Waals surface area contributed by atoms with Crippen molar-refractivity contribution in [3.05, 3.63) is 65.7 Å². The van der Waals surface area contributed by atoms with Gasteiger partial charge in [0.2, 0.25) is 17.7 Å². The molecule has 0 aromatic heterocycles. The van der Waals surface area contributed by atoms with Crippen molar-refractivity contribution >= 4 is 29.5 Å². The van der Waals surface area contributed by atoms with Gasteiger partial charge in [0.1, 0.15) is 17.8 Å².